The fraction of sp³-hybridized carbons (Fsp3) is 0.556. The van der Waals surface area contributed by atoms with Crippen LogP contribution in [0.25, 0.3) is 0 Å². The number of piperidine rings is 1. The summed E-state index contributed by atoms with van der Waals surface area (Å²) in [7, 11) is 0. The zero-order valence-corrected chi connectivity index (χ0v) is 12.9. The molecule has 1 aromatic carbocycles. The molecule has 0 unspecified atom stereocenters. The van der Waals surface area contributed by atoms with E-state index in [0.29, 0.717) is 18.6 Å². The molecular weight excluding hydrogens is 278 g/mol. The lowest BCUT2D eigenvalue weighted by Crippen LogP contribution is -2.38. The Morgan fingerprint density at radius 1 is 1.00 bits per heavy atom. The van der Waals surface area contributed by atoms with Crippen LogP contribution < -0.4 is 4.90 Å². The largest absolute Gasteiger partial charge is 0.481 e. The molecule has 0 aromatic heterocycles. The molecule has 0 amide bonds. The number of nitrogens with zero attached hydrogens (tertiary/aromatic N) is 1. The van der Waals surface area contributed by atoms with E-state index in [9.17, 15) is 14.7 Å². The SMILES string of the molecule is O=C1CCN(c2ccc(C3(C(=O)O)CCCCC3)cc2)CC1. The number of Topliss-reactive ketones (excluding diaryl/α,β-unsaturated/α-hetero) is 1. The van der Waals surface area contributed by atoms with Crippen LogP contribution in [0.5, 0.6) is 0 Å². The van der Waals surface area contributed by atoms with Crippen LogP contribution >= 0.6 is 0 Å². The average Bonchev–Trinajstić information content (AvgIpc) is 2.56. The lowest BCUT2D eigenvalue weighted by molar-refractivity contribution is -0.145. The van der Waals surface area contributed by atoms with Crippen molar-refractivity contribution in [2.24, 2.45) is 0 Å². The molecule has 0 bridgehead atoms. The number of rotatable bonds is 3. The number of carbonyl (C=O) groups excluding carboxylic acids is 1. The first kappa shape index (κ1) is 15.1. The Balaban J connectivity index is 1.80. The summed E-state index contributed by atoms with van der Waals surface area (Å²) in [6.45, 7) is 1.53. The van der Waals surface area contributed by atoms with Gasteiger partial charge in [-0.05, 0) is 30.5 Å². The first-order valence-electron chi connectivity index (χ1n) is 8.22. The highest BCUT2D eigenvalue weighted by molar-refractivity contribution is 5.82. The molecule has 2 aliphatic rings. The first-order valence-corrected chi connectivity index (χ1v) is 8.22. The molecule has 1 aromatic rings. The second-order valence-electron chi connectivity index (χ2n) is 6.52. The van der Waals surface area contributed by atoms with Crippen molar-refractivity contribution in [2.75, 3.05) is 18.0 Å². The molecule has 0 atom stereocenters. The maximum atomic E-state index is 11.9. The lowest BCUT2D eigenvalue weighted by Gasteiger charge is -2.34. The van der Waals surface area contributed by atoms with Gasteiger partial charge >= 0.3 is 5.97 Å². The van der Waals surface area contributed by atoms with Crippen LogP contribution in [0.2, 0.25) is 0 Å². The number of carboxylic acid groups (broad SMARTS) is 1. The maximum Gasteiger partial charge on any atom is 0.314 e. The van der Waals surface area contributed by atoms with Gasteiger partial charge in [0, 0.05) is 31.6 Å². The second-order valence-corrected chi connectivity index (χ2v) is 6.52. The Morgan fingerprint density at radius 2 is 1.59 bits per heavy atom. The molecule has 0 radical (unpaired) electrons. The summed E-state index contributed by atoms with van der Waals surface area (Å²) in [5.41, 5.74) is 1.32. The molecule has 3 rings (SSSR count). The zero-order chi connectivity index (χ0) is 15.6. The number of carbonyl (C=O) groups is 2. The molecule has 1 N–H and O–H groups in total. The molecule has 1 heterocycles. The van der Waals surface area contributed by atoms with Crippen LogP contribution in [-0.2, 0) is 15.0 Å². The molecule has 0 spiro atoms. The van der Waals surface area contributed by atoms with Crippen molar-refractivity contribution in [1.82, 2.24) is 0 Å². The highest BCUT2D eigenvalue weighted by Crippen LogP contribution is 2.40. The monoisotopic (exact) mass is 301 g/mol. The van der Waals surface area contributed by atoms with Crippen molar-refractivity contribution in [3.63, 3.8) is 0 Å². The van der Waals surface area contributed by atoms with Gasteiger partial charge in [-0.15, -0.1) is 0 Å². The summed E-state index contributed by atoms with van der Waals surface area (Å²) >= 11 is 0. The van der Waals surface area contributed by atoms with Crippen LogP contribution in [0, 0.1) is 0 Å². The van der Waals surface area contributed by atoms with Crippen LogP contribution in [0.15, 0.2) is 24.3 Å². The summed E-state index contributed by atoms with van der Waals surface area (Å²) in [6, 6.07) is 7.99. The molecule has 1 aliphatic heterocycles. The Morgan fingerprint density at radius 3 is 2.14 bits per heavy atom. The topological polar surface area (TPSA) is 57.6 Å². The number of ketones is 1. The molecule has 22 heavy (non-hydrogen) atoms. The lowest BCUT2D eigenvalue weighted by atomic mass is 9.69. The number of hydrogen-bond acceptors (Lipinski definition) is 3. The van der Waals surface area contributed by atoms with E-state index in [-0.39, 0.29) is 0 Å². The minimum Gasteiger partial charge on any atom is -0.481 e. The smallest absolute Gasteiger partial charge is 0.314 e. The predicted octanol–water partition coefficient (Wildman–Crippen LogP) is 3.14. The Bertz CT molecular complexity index is 548. The van der Waals surface area contributed by atoms with Gasteiger partial charge in [0.2, 0.25) is 0 Å². The number of anilines is 1. The van der Waals surface area contributed by atoms with Crippen molar-refractivity contribution in [2.45, 2.75) is 50.4 Å². The Kier molecular flexibility index (Phi) is 4.19. The van der Waals surface area contributed by atoms with Gasteiger partial charge in [0.15, 0.2) is 0 Å². The van der Waals surface area contributed by atoms with Crippen molar-refractivity contribution in [3.8, 4) is 0 Å². The van der Waals surface area contributed by atoms with Crippen LogP contribution in [0.1, 0.15) is 50.5 Å². The predicted molar refractivity (Wildman–Crippen MR) is 85.3 cm³/mol. The van der Waals surface area contributed by atoms with Crippen molar-refractivity contribution in [1.29, 1.82) is 0 Å². The third kappa shape index (κ3) is 2.74. The molecule has 4 heteroatoms. The van der Waals surface area contributed by atoms with Gasteiger partial charge in [-0.3, -0.25) is 9.59 Å². The molecule has 4 nitrogen and oxygen atoms in total. The quantitative estimate of drug-likeness (QED) is 0.932. The molecule has 118 valence electrons. The van der Waals surface area contributed by atoms with E-state index in [2.05, 4.69) is 4.90 Å². The average molecular weight is 301 g/mol. The number of aliphatic carboxylic acids is 1. The van der Waals surface area contributed by atoms with Gasteiger partial charge in [0.25, 0.3) is 0 Å². The second kappa shape index (κ2) is 6.11. The van der Waals surface area contributed by atoms with Crippen LogP contribution in [0.4, 0.5) is 5.69 Å². The zero-order valence-electron chi connectivity index (χ0n) is 12.9. The van der Waals surface area contributed by atoms with E-state index in [0.717, 1.165) is 56.4 Å². The van der Waals surface area contributed by atoms with Gasteiger partial charge in [-0.25, -0.2) is 0 Å². The van der Waals surface area contributed by atoms with E-state index in [1.165, 1.54) is 0 Å². The van der Waals surface area contributed by atoms with Crippen LogP contribution in [0.3, 0.4) is 0 Å². The molecule has 1 saturated carbocycles. The summed E-state index contributed by atoms with van der Waals surface area (Å²) in [5, 5.41) is 9.74. The summed E-state index contributed by atoms with van der Waals surface area (Å²) in [4.78, 5) is 25.4. The Labute approximate surface area is 131 Å². The van der Waals surface area contributed by atoms with Gasteiger partial charge in [-0.1, -0.05) is 31.4 Å². The summed E-state index contributed by atoms with van der Waals surface area (Å²) in [6.07, 6.45) is 5.81. The molecule has 1 aliphatic carbocycles. The summed E-state index contributed by atoms with van der Waals surface area (Å²) < 4.78 is 0. The minimum absolute atomic E-state index is 0.333. The number of hydrogen-bond donors (Lipinski definition) is 1. The third-order valence-corrected chi connectivity index (χ3v) is 5.22. The molecular formula is C18H23NO3. The molecule has 2 fully saturated rings. The normalized spacial score (nSPS) is 21.6. The third-order valence-electron chi connectivity index (χ3n) is 5.22. The van der Waals surface area contributed by atoms with Crippen LogP contribution in [-0.4, -0.2) is 29.9 Å². The number of benzene rings is 1. The van der Waals surface area contributed by atoms with Gasteiger partial charge in [0.05, 0.1) is 5.41 Å². The Hall–Kier alpha value is -1.84. The first-order chi connectivity index (χ1) is 10.6. The van der Waals surface area contributed by atoms with E-state index in [1.807, 2.05) is 24.3 Å². The summed E-state index contributed by atoms with van der Waals surface area (Å²) in [5.74, 6) is -0.358. The fourth-order valence-corrected chi connectivity index (χ4v) is 3.79. The van der Waals surface area contributed by atoms with Crippen molar-refractivity contribution in [3.05, 3.63) is 29.8 Å². The minimum atomic E-state index is -0.700. The van der Waals surface area contributed by atoms with Crippen molar-refractivity contribution >= 4 is 17.4 Å². The standard InChI is InChI=1S/C18H23NO3/c20-16-8-12-19(13-9-16)15-6-4-14(5-7-15)18(17(21)22)10-2-1-3-11-18/h4-7H,1-3,8-13H2,(H,21,22). The maximum absolute atomic E-state index is 11.9. The van der Waals surface area contributed by atoms with E-state index < -0.39 is 11.4 Å². The van der Waals surface area contributed by atoms with Gasteiger partial charge < -0.3 is 10.0 Å². The fourth-order valence-electron chi connectivity index (χ4n) is 3.79. The molecule has 1 saturated heterocycles. The van der Waals surface area contributed by atoms with Crippen molar-refractivity contribution < 1.29 is 14.7 Å². The van der Waals surface area contributed by atoms with Gasteiger partial charge in [0.1, 0.15) is 5.78 Å². The van der Waals surface area contributed by atoms with Gasteiger partial charge in [-0.2, -0.15) is 0 Å². The number of carboxylic acids is 1. The van der Waals surface area contributed by atoms with E-state index in [1.54, 1.807) is 0 Å². The van der Waals surface area contributed by atoms with E-state index >= 15 is 0 Å². The highest BCUT2D eigenvalue weighted by atomic mass is 16.4. The highest BCUT2D eigenvalue weighted by Gasteiger charge is 2.41. The van der Waals surface area contributed by atoms with E-state index in [4.69, 9.17) is 0 Å².